The molecule has 0 radical (unpaired) electrons. The SMILES string of the molecule is COc1ccc(S(=O)(=O)N2CCC[C@@H](CNC(=O)Nc3ccc(C)cc3)C2)cc1. The van der Waals surface area contributed by atoms with E-state index in [4.69, 9.17) is 4.74 Å². The Morgan fingerprint density at radius 1 is 1.14 bits per heavy atom. The Morgan fingerprint density at radius 3 is 2.48 bits per heavy atom. The van der Waals surface area contributed by atoms with E-state index in [-0.39, 0.29) is 16.8 Å². The summed E-state index contributed by atoms with van der Waals surface area (Å²) in [5.74, 6) is 0.685. The van der Waals surface area contributed by atoms with Crippen LogP contribution in [0.1, 0.15) is 18.4 Å². The van der Waals surface area contributed by atoms with Gasteiger partial charge in [0.1, 0.15) is 5.75 Å². The molecule has 0 bridgehead atoms. The fourth-order valence-electron chi connectivity index (χ4n) is 3.36. The number of ether oxygens (including phenoxy) is 1. The van der Waals surface area contributed by atoms with Gasteiger partial charge in [-0.05, 0) is 62.1 Å². The monoisotopic (exact) mass is 417 g/mol. The molecule has 0 aromatic heterocycles. The minimum absolute atomic E-state index is 0.0699. The predicted molar refractivity (Wildman–Crippen MR) is 113 cm³/mol. The van der Waals surface area contributed by atoms with Crippen LogP contribution in [-0.4, -0.2) is 45.5 Å². The number of methoxy groups -OCH3 is 1. The minimum atomic E-state index is -3.56. The number of urea groups is 1. The first-order valence-corrected chi connectivity index (χ1v) is 11.1. The molecule has 1 atom stereocenters. The topological polar surface area (TPSA) is 87.7 Å². The van der Waals surface area contributed by atoms with Crippen molar-refractivity contribution in [2.24, 2.45) is 5.92 Å². The van der Waals surface area contributed by atoms with Crippen molar-refractivity contribution < 1.29 is 17.9 Å². The van der Waals surface area contributed by atoms with E-state index in [1.807, 2.05) is 31.2 Å². The smallest absolute Gasteiger partial charge is 0.319 e. The number of carbonyl (C=O) groups excluding carboxylic acids is 1. The molecule has 8 heteroatoms. The zero-order valence-corrected chi connectivity index (χ0v) is 17.5. The number of piperidine rings is 1. The van der Waals surface area contributed by atoms with Gasteiger partial charge in [0.25, 0.3) is 0 Å². The number of amides is 2. The number of hydrogen-bond donors (Lipinski definition) is 2. The first-order valence-electron chi connectivity index (χ1n) is 9.64. The van der Waals surface area contributed by atoms with Gasteiger partial charge in [-0.25, -0.2) is 13.2 Å². The van der Waals surface area contributed by atoms with E-state index in [0.29, 0.717) is 25.4 Å². The van der Waals surface area contributed by atoms with Crippen molar-refractivity contribution in [2.45, 2.75) is 24.7 Å². The lowest BCUT2D eigenvalue weighted by Crippen LogP contribution is -2.44. The molecule has 1 fully saturated rings. The standard InChI is InChI=1S/C21H27N3O4S/c1-16-5-7-18(8-6-16)23-21(25)22-14-17-4-3-13-24(15-17)29(26,27)20-11-9-19(28-2)10-12-20/h5-12,17H,3-4,13-15H2,1-2H3,(H2,22,23,25)/t17-/m0/s1. The Bertz CT molecular complexity index is 927. The largest absolute Gasteiger partial charge is 0.497 e. The molecule has 2 aromatic carbocycles. The Labute approximate surface area is 172 Å². The molecule has 29 heavy (non-hydrogen) atoms. The maximum absolute atomic E-state index is 12.9. The van der Waals surface area contributed by atoms with Crippen molar-refractivity contribution in [3.05, 3.63) is 54.1 Å². The lowest BCUT2D eigenvalue weighted by atomic mass is 10.00. The van der Waals surface area contributed by atoms with E-state index in [1.54, 1.807) is 31.4 Å². The van der Waals surface area contributed by atoms with Crippen molar-refractivity contribution in [3.63, 3.8) is 0 Å². The molecule has 0 unspecified atom stereocenters. The molecular weight excluding hydrogens is 390 g/mol. The first kappa shape index (κ1) is 21.1. The molecular formula is C21H27N3O4S. The summed E-state index contributed by atoms with van der Waals surface area (Å²) in [6.07, 6.45) is 1.64. The van der Waals surface area contributed by atoms with Crippen LogP contribution in [0.3, 0.4) is 0 Å². The highest BCUT2D eigenvalue weighted by Gasteiger charge is 2.30. The van der Waals surface area contributed by atoms with Gasteiger partial charge in [-0.15, -0.1) is 0 Å². The van der Waals surface area contributed by atoms with Crippen LogP contribution in [0.25, 0.3) is 0 Å². The second kappa shape index (κ2) is 9.28. The quantitative estimate of drug-likeness (QED) is 0.755. The van der Waals surface area contributed by atoms with Gasteiger partial charge in [-0.3, -0.25) is 0 Å². The molecule has 2 amide bonds. The predicted octanol–water partition coefficient (Wildman–Crippen LogP) is 3.23. The Hall–Kier alpha value is -2.58. The van der Waals surface area contributed by atoms with Gasteiger partial charge in [-0.2, -0.15) is 4.31 Å². The lowest BCUT2D eigenvalue weighted by Gasteiger charge is -2.32. The Balaban J connectivity index is 1.55. The number of nitrogens with zero attached hydrogens (tertiary/aromatic N) is 1. The Morgan fingerprint density at radius 2 is 1.83 bits per heavy atom. The fourth-order valence-corrected chi connectivity index (χ4v) is 4.91. The summed E-state index contributed by atoms with van der Waals surface area (Å²) >= 11 is 0. The Kier molecular flexibility index (Phi) is 6.76. The summed E-state index contributed by atoms with van der Waals surface area (Å²) in [6, 6.07) is 13.7. The van der Waals surface area contributed by atoms with Crippen LogP contribution in [0.4, 0.5) is 10.5 Å². The molecule has 0 aliphatic carbocycles. The van der Waals surface area contributed by atoms with Gasteiger partial charge in [0.05, 0.1) is 12.0 Å². The van der Waals surface area contributed by atoms with Gasteiger partial charge >= 0.3 is 6.03 Å². The molecule has 7 nitrogen and oxygen atoms in total. The third-order valence-corrected chi connectivity index (χ3v) is 6.92. The fraction of sp³-hybridized carbons (Fsp3) is 0.381. The van der Waals surface area contributed by atoms with Crippen molar-refractivity contribution in [1.29, 1.82) is 0 Å². The summed E-state index contributed by atoms with van der Waals surface area (Å²) in [5.41, 5.74) is 1.84. The number of rotatable bonds is 6. The summed E-state index contributed by atoms with van der Waals surface area (Å²) in [6.45, 7) is 3.28. The third-order valence-electron chi connectivity index (χ3n) is 5.04. The van der Waals surface area contributed by atoms with Crippen LogP contribution in [0.5, 0.6) is 5.75 Å². The van der Waals surface area contributed by atoms with E-state index in [9.17, 15) is 13.2 Å². The maximum Gasteiger partial charge on any atom is 0.319 e. The number of anilines is 1. The third kappa shape index (κ3) is 5.48. The summed E-state index contributed by atoms with van der Waals surface area (Å²) < 4.78 is 32.4. The molecule has 2 N–H and O–H groups in total. The van der Waals surface area contributed by atoms with Crippen molar-refractivity contribution in [2.75, 3.05) is 32.1 Å². The number of carbonyl (C=O) groups is 1. The zero-order chi connectivity index (χ0) is 20.9. The number of aryl methyl sites for hydroxylation is 1. The highest BCUT2D eigenvalue weighted by Crippen LogP contribution is 2.25. The molecule has 1 aliphatic rings. The van der Waals surface area contributed by atoms with Gasteiger partial charge in [0.15, 0.2) is 0 Å². The highest BCUT2D eigenvalue weighted by molar-refractivity contribution is 7.89. The molecule has 1 saturated heterocycles. The van der Waals surface area contributed by atoms with E-state index in [2.05, 4.69) is 10.6 Å². The van der Waals surface area contributed by atoms with E-state index in [1.165, 1.54) is 4.31 Å². The van der Waals surface area contributed by atoms with Crippen LogP contribution >= 0.6 is 0 Å². The second-order valence-corrected chi connectivity index (χ2v) is 9.19. The van der Waals surface area contributed by atoms with Crippen LogP contribution in [-0.2, 0) is 10.0 Å². The summed E-state index contributed by atoms with van der Waals surface area (Å²) in [4.78, 5) is 12.4. The van der Waals surface area contributed by atoms with E-state index < -0.39 is 10.0 Å². The normalized spacial score (nSPS) is 17.5. The lowest BCUT2D eigenvalue weighted by molar-refractivity contribution is 0.238. The summed E-state index contributed by atoms with van der Waals surface area (Å²) in [7, 11) is -2.02. The van der Waals surface area contributed by atoms with Crippen molar-refractivity contribution in [1.82, 2.24) is 9.62 Å². The maximum atomic E-state index is 12.9. The van der Waals surface area contributed by atoms with Gasteiger partial charge in [0.2, 0.25) is 10.0 Å². The van der Waals surface area contributed by atoms with Gasteiger partial charge in [-0.1, -0.05) is 17.7 Å². The molecule has 1 heterocycles. The minimum Gasteiger partial charge on any atom is -0.497 e. The molecule has 3 rings (SSSR count). The van der Waals surface area contributed by atoms with Crippen molar-refractivity contribution >= 4 is 21.7 Å². The van der Waals surface area contributed by atoms with Gasteiger partial charge in [0, 0.05) is 25.3 Å². The van der Waals surface area contributed by atoms with Crippen LogP contribution in [0, 0.1) is 12.8 Å². The van der Waals surface area contributed by atoms with E-state index >= 15 is 0 Å². The first-order chi connectivity index (χ1) is 13.9. The number of hydrogen-bond acceptors (Lipinski definition) is 4. The second-order valence-electron chi connectivity index (χ2n) is 7.25. The number of nitrogens with one attached hydrogen (secondary N) is 2. The molecule has 156 valence electrons. The van der Waals surface area contributed by atoms with E-state index in [0.717, 1.165) is 24.1 Å². The summed E-state index contributed by atoms with van der Waals surface area (Å²) in [5, 5.41) is 5.65. The average molecular weight is 418 g/mol. The molecule has 1 aliphatic heterocycles. The number of sulfonamides is 1. The zero-order valence-electron chi connectivity index (χ0n) is 16.7. The highest BCUT2D eigenvalue weighted by atomic mass is 32.2. The van der Waals surface area contributed by atoms with Crippen LogP contribution in [0.2, 0.25) is 0 Å². The van der Waals surface area contributed by atoms with Crippen molar-refractivity contribution in [3.8, 4) is 5.75 Å². The molecule has 2 aromatic rings. The number of benzene rings is 2. The van der Waals surface area contributed by atoms with Crippen LogP contribution < -0.4 is 15.4 Å². The van der Waals surface area contributed by atoms with Crippen LogP contribution in [0.15, 0.2) is 53.4 Å². The average Bonchev–Trinajstić information content (AvgIpc) is 2.74. The van der Waals surface area contributed by atoms with Gasteiger partial charge < -0.3 is 15.4 Å². The molecule has 0 spiro atoms. The molecule has 0 saturated carbocycles.